The largest absolute Gasteiger partial charge is 0.460 e. The number of hydrogen-bond acceptors (Lipinski definition) is 6. The van der Waals surface area contributed by atoms with Gasteiger partial charge in [-0.2, -0.15) is 18.3 Å². The number of carbonyl (C=O) groups is 2. The summed E-state index contributed by atoms with van der Waals surface area (Å²) in [7, 11) is 2.55. The number of nitrogens with zero attached hydrogens (tertiary/aromatic N) is 3. The summed E-state index contributed by atoms with van der Waals surface area (Å²) in [5, 5.41) is 7.48. The van der Waals surface area contributed by atoms with E-state index in [0.29, 0.717) is 44.9 Å². The van der Waals surface area contributed by atoms with Crippen LogP contribution < -0.4 is 10.1 Å². The standard InChI is InChI=1S/C26H25F3N4O5/c1-14-18(24(35)32-10-8-25(13-32,36-4)26(27,28)29)12-33-22(14)19(7-9-31-33)38-16-5-6-17-20(11-16)37-15(2)21(17)23(34)30-3/h5-7,9,11-12H,8,10,13H2,1-4H3,(H,30,34)/t25-/m1/s1. The van der Waals surface area contributed by atoms with E-state index in [1.54, 1.807) is 45.2 Å². The van der Waals surface area contributed by atoms with Crippen molar-refractivity contribution in [1.29, 1.82) is 0 Å². The molecule has 0 bridgehead atoms. The number of rotatable bonds is 5. The molecule has 3 aromatic heterocycles. The zero-order valence-corrected chi connectivity index (χ0v) is 21.1. The third-order valence-corrected chi connectivity index (χ3v) is 7.07. The average Bonchev–Trinajstić information content (AvgIpc) is 3.56. The van der Waals surface area contributed by atoms with Gasteiger partial charge in [-0.1, -0.05) is 0 Å². The molecule has 1 fully saturated rings. The molecule has 0 saturated carbocycles. The van der Waals surface area contributed by atoms with Gasteiger partial charge >= 0.3 is 6.18 Å². The molecule has 2 amide bonds. The van der Waals surface area contributed by atoms with Crippen molar-refractivity contribution < 1.29 is 36.7 Å². The lowest BCUT2D eigenvalue weighted by molar-refractivity contribution is -0.263. The normalized spacial score (nSPS) is 17.9. The van der Waals surface area contributed by atoms with Crippen LogP contribution >= 0.6 is 0 Å². The van der Waals surface area contributed by atoms with Crippen LogP contribution in [0.5, 0.6) is 11.5 Å². The summed E-state index contributed by atoms with van der Waals surface area (Å²) >= 11 is 0. The third kappa shape index (κ3) is 3.95. The minimum atomic E-state index is -4.60. The molecule has 1 aliphatic heterocycles. The van der Waals surface area contributed by atoms with Gasteiger partial charge in [0.25, 0.3) is 11.8 Å². The Hall–Kier alpha value is -4.06. The lowest BCUT2D eigenvalue weighted by atomic mass is 10.0. The Labute approximate surface area is 215 Å². The van der Waals surface area contributed by atoms with E-state index in [4.69, 9.17) is 13.9 Å². The first-order chi connectivity index (χ1) is 18.0. The predicted molar refractivity (Wildman–Crippen MR) is 131 cm³/mol. The number of amides is 2. The van der Waals surface area contributed by atoms with Crippen LogP contribution in [0.4, 0.5) is 13.2 Å². The number of likely N-dealkylation sites (tertiary alicyclic amines) is 1. The molecule has 0 aliphatic carbocycles. The van der Waals surface area contributed by atoms with Crippen molar-refractivity contribution in [3.8, 4) is 11.5 Å². The molecule has 1 aliphatic rings. The molecule has 4 aromatic rings. The molecule has 0 spiro atoms. The number of furan rings is 1. The first-order valence-electron chi connectivity index (χ1n) is 11.8. The Morgan fingerprint density at radius 1 is 1.21 bits per heavy atom. The maximum atomic E-state index is 13.6. The molecule has 1 N–H and O–H groups in total. The maximum absolute atomic E-state index is 13.6. The SMILES string of the molecule is CNC(=O)c1c(C)oc2cc(Oc3ccnn4cc(C(=O)N5CC[C@](OC)(C(F)(F)F)C5)c(C)c34)ccc12. The van der Waals surface area contributed by atoms with Gasteiger partial charge in [-0.15, -0.1) is 0 Å². The first-order valence-corrected chi connectivity index (χ1v) is 11.8. The lowest BCUT2D eigenvalue weighted by Gasteiger charge is -2.30. The van der Waals surface area contributed by atoms with Gasteiger partial charge in [-0.25, -0.2) is 4.52 Å². The van der Waals surface area contributed by atoms with Crippen molar-refractivity contribution in [1.82, 2.24) is 19.8 Å². The van der Waals surface area contributed by atoms with E-state index in [9.17, 15) is 22.8 Å². The number of aryl methyl sites for hydroxylation is 2. The molecule has 12 heteroatoms. The Morgan fingerprint density at radius 2 is 1.97 bits per heavy atom. The van der Waals surface area contributed by atoms with Crippen molar-refractivity contribution in [2.75, 3.05) is 27.2 Å². The first kappa shape index (κ1) is 25.6. The zero-order chi connectivity index (χ0) is 27.4. The summed E-state index contributed by atoms with van der Waals surface area (Å²) in [5.74, 6) is 0.469. The maximum Gasteiger partial charge on any atom is 0.419 e. The van der Waals surface area contributed by atoms with Crippen LogP contribution in [0.2, 0.25) is 0 Å². The van der Waals surface area contributed by atoms with Gasteiger partial charge in [0.2, 0.25) is 0 Å². The third-order valence-electron chi connectivity index (χ3n) is 7.07. The molecule has 5 rings (SSSR count). The van der Waals surface area contributed by atoms with Crippen LogP contribution in [0.15, 0.2) is 41.1 Å². The van der Waals surface area contributed by atoms with Gasteiger partial charge in [0, 0.05) is 50.8 Å². The molecule has 38 heavy (non-hydrogen) atoms. The van der Waals surface area contributed by atoms with Crippen LogP contribution in [0.3, 0.4) is 0 Å². The van der Waals surface area contributed by atoms with E-state index >= 15 is 0 Å². The van der Waals surface area contributed by atoms with Crippen LogP contribution in [-0.2, 0) is 4.74 Å². The number of carbonyl (C=O) groups excluding carboxylic acids is 2. The van der Waals surface area contributed by atoms with E-state index < -0.39 is 24.2 Å². The van der Waals surface area contributed by atoms with Crippen molar-refractivity contribution in [3.63, 3.8) is 0 Å². The number of hydrogen-bond donors (Lipinski definition) is 1. The quantitative estimate of drug-likeness (QED) is 0.404. The molecule has 1 atom stereocenters. The Balaban J connectivity index is 1.46. The van der Waals surface area contributed by atoms with E-state index in [-0.39, 0.29) is 24.4 Å². The van der Waals surface area contributed by atoms with Gasteiger partial charge in [-0.3, -0.25) is 9.59 Å². The number of alkyl halides is 3. The fourth-order valence-corrected chi connectivity index (χ4v) is 4.96. The Morgan fingerprint density at radius 3 is 2.63 bits per heavy atom. The predicted octanol–water partition coefficient (Wildman–Crippen LogP) is 4.64. The van der Waals surface area contributed by atoms with Crippen LogP contribution in [0, 0.1) is 13.8 Å². The molecule has 0 unspecified atom stereocenters. The van der Waals surface area contributed by atoms with Crippen molar-refractivity contribution in [2.24, 2.45) is 0 Å². The highest BCUT2D eigenvalue weighted by atomic mass is 19.4. The van der Waals surface area contributed by atoms with Crippen LogP contribution in [-0.4, -0.2) is 65.4 Å². The van der Waals surface area contributed by atoms with Crippen molar-refractivity contribution >= 4 is 28.3 Å². The Bertz CT molecular complexity index is 1570. The molecule has 9 nitrogen and oxygen atoms in total. The molecule has 200 valence electrons. The van der Waals surface area contributed by atoms with Crippen LogP contribution in [0.1, 0.15) is 38.5 Å². The summed E-state index contributed by atoms with van der Waals surface area (Å²) in [6, 6.07) is 6.69. The lowest BCUT2D eigenvalue weighted by Crippen LogP contribution is -2.49. The number of aromatic nitrogens is 2. The summed E-state index contributed by atoms with van der Waals surface area (Å²) in [5.41, 5.74) is -0.261. The van der Waals surface area contributed by atoms with Gasteiger partial charge in [0.15, 0.2) is 11.4 Å². The summed E-state index contributed by atoms with van der Waals surface area (Å²) in [4.78, 5) is 26.6. The van der Waals surface area contributed by atoms with Crippen LogP contribution in [0.25, 0.3) is 16.5 Å². The number of methoxy groups -OCH3 is 1. The smallest absolute Gasteiger partial charge is 0.419 e. The number of benzene rings is 1. The zero-order valence-electron chi connectivity index (χ0n) is 21.1. The monoisotopic (exact) mass is 530 g/mol. The molecular formula is C26H25F3N4O5. The van der Waals surface area contributed by atoms with Gasteiger partial charge < -0.3 is 24.1 Å². The second-order valence-electron chi connectivity index (χ2n) is 9.20. The highest BCUT2D eigenvalue weighted by Crippen LogP contribution is 2.41. The minimum absolute atomic E-state index is 0.0881. The number of nitrogens with one attached hydrogen (secondary N) is 1. The summed E-state index contributed by atoms with van der Waals surface area (Å²) < 4.78 is 59.0. The molecule has 4 heterocycles. The van der Waals surface area contributed by atoms with E-state index in [2.05, 4.69) is 10.4 Å². The topological polar surface area (TPSA) is 98.3 Å². The van der Waals surface area contributed by atoms with Gasteiger partial charge in [-0.05, 0) is 31.5 Å². The average molecular weight is 531 g/mol. The highest BCUT2D eigenvalue weighted by Gasteiger charge is 2.59. The van der Waals surface area contributed by atoms with E-state index in [1.165, 1.54) is 16.9 Å². The fraction of sp³-hybridized carbons (Fsp3) is 0.346. The number of halogens is 3. The highest BCUT2D eigenvalue weighted by molar-refractivity contribution is 6.07. The summed E-state index contributed by atoms with van der Waals surface area (Å²) in [6.07, 6.45) is -1.97. The van der Waals surface area contributed by atoms with E-state index in [0.717, 1.165) is 12.0 Å². The van der Waals surface area contributed by atoms with Crippen molar-refractivity contribution in [2.45, 2.75) is 32.0 Å². The number of ether oxygens (including phenoxy) is 2. The van der Waals surface area contributed by atoms with Crippen molar-refractivity contribution in [3.05, 3.63) is 59.1 Å². The van der Waals surface area contributed by atoms with Gasteiger partial charge in [0.1, 0.15) is 22.6 Å². The number of fused-ring (bicyclic) bond motifs is 2. The molecule has 1 aromatic carbocycles. The van der Waals surface area contributed by atoms with E-state index in [1.807, 2.05) is 0 Å². The summed E-state index contributed by atoms with van der Waals surface area (Å²) in [6.45, 7) is 2.71. The Kier molecular flexibility index (Phi) is 6.09. The minimum Gasteiger partial charge on any atom is -0.460 e. The second kappa shape index (κ2) is 9.05. The fourth-order valence-electron chi connectivity index (χ4n) is 4.96. The van der Waals surface area contributed by atoms with Gasteiger partial charge in [0.05, 0.1) is 23.9 Å². The molecule has 0 radical (unpaired) electrons. The second-order valence-corrected chi connectivity index (χ2v) is 9.20. The molecular weight excluding hydrogens is 505 g/mol. The molecule has 1 saturated heterocycles.